The van der Waals surface area contributed by atoms with Crippen LogP contribution in [0.2, 0.25) is 0 Å². The van der Waals surface area contributed by atoms with E-state index in [4.69, 9.17) is 11.5 Å². The fourth-order valence-corrected chi connectivity index (χ4v) is 3.78. The molecule has 6 nitrogen and oxygen atoms in total. The summed E-state index contributed by atoms with van der Waals surface area (Å²) in [5.41, 5.74) is 14.9. The molecule has 6 N–H and O–H groups in total. The maximum atomic E-state index is 13.2. The van der Waals surface area contributed by atoms with E-state index < -0.39 is 0 Å². The average Bonchev–Trinajstić information content (AvgIpc) is 3.00. The van der Waals surface area contributed by atoms with Crippen LogP contribution >= 0.6 is 0 Å². The minimum atomic E-state index is -0.317. The van der Waals surface area contributed by atoms with E-state index in [0.717, 1.165) is 18.5 Å². The van der Waals surface area contributed by atoms with Gasteiger partial charge in [-0.05, 0) is 37.1 Å². The number of nitrogens with one attached hydrogen (secondary N) is 2. The number of nitrogen functional groups attached to an aromatic ring is 2. The predicted octanol–water partition coefficient (Wildman–Crippen LogP) is 2.98. The van der Waals surface area contributed by atoms with Crippen molar-refractivity contribution in [1.29, 1.82) is 0 Å². The summed E-state index contributed by atoms with van der Waals surface area (Å²) >= 11 is 0. The van der Waals surface area contributed by atoms with Gasteiger partial charge < -0.3 is 22.1 Å². The number of nitrogens with two attached hydrogens (primary N) is 2. The molecule has 0 amide bonds. The Labute approximate surface area is 145 Å². The quantitative estimate of drug-likeness (QED) is 0.536. The molecule has 0 aromatic heterocycles. The fourth-order valence-electron chi connectivity index (χ4n) is 3.78. The lowest BCUT2D eigenvalue weighted by atomic mass is 9.81. The summed E-state index contributed by atoms with van der Waals surface area (Å²) in [6.45, 7) is 4.14. The largest absolute Gasteiger partial charge is 0.398 e. The lowest BCUT2D eigenvalue weighted by molar-refractivity contribution is 0.0981. The number of ketones is 2. The zero-order chi connectivity index (χ0) is 17.9. The van der Waals surface area contributed by atoms with Crippen LogP contribution in [0.4, 0.5) is 22.7 Å². The summed E-state index contributed by atoms with van der Waals surface area (Å²) in [6, 6.07) is 6.67. The highest BCUT2D eigenvalue weighted by atomic mass is 16.1. The molecule has 0 fully saturated rings. The molecule has 0 atom stereocenters. The SMILES string of the molecule is CCC1(CC)Nc2ccc3c(c2N1)C(=O)c1c(N)ccc(N)c1C3=O. The van der Waals surface area contributed by atoms with Crippen LogP contribution in [0.15, 0.2) is 24.3 Å². The summed E-state index contributed by atoms with van der Waals surface area (Å²) in [5.74, 6) is -0.520. The van der Waals surface area contributed by atoms with Gasteiger partial charge in [0.2, 0.25) is 0 Å². The minimum Gasteiger partial charge on any atom is -0.398 e. The molecule has 128 valence electrons. The molecule has 1 heterocycles. The summed E-state index contributed by atoms with van der Waals surface area (Å²) in [4.78, 5) is 26.2. The van der Waals surface area contributed by atoms with Gasteiger partial charge in [0, 0.05) is 16.9 Å². The van der Waals surface area contributed by atoms with Crippen LogP contribution in [0.1, 0.15) is 58.5 Å². The second-order valence-electron chi connectivity index (χ2n) is 6.60. The topological polar surface area (TPSA) is 110 Å². The second kappa shape index (κ2) is 4.99. The Kier molecular flexibility index (Phi) is 3.09. The third-order valence-electron chi connectivity index (χ3n) is 5.35. The van der Waals surface area contributed by atoms with Gasteiger partial charge in [0.15, 0.2) is 11.6 Å². The Morgan fingerprint density at radius 1 is 0.840 bits per heavy atom. The Morgan fingerprint density at radius 3 is 2.04 bits per heavy atom. The Hall–Kier alpha value is -3.02. The highest BCUT2D eigenvalue weighted by Gasteiger charge is 2.41. The molecule has 4 rings (SSSR count). The third kappa shape index (κ3) is 1.91. The maximum absolute atomic E-state index is 13.2. The van der Waals surface area contributed by atoms with E-state index in [1.807, 2.05) is 6.07 Å². The van der Waals surface area contributed by atoms with Gasteiger partial charge in [-0.15, -0.1) is 0 Å². The van der Waals surface area contributed by atoms with Gasteiger partial charge in [0.05, 0.1) is 28.1 Å². The number of hydrogen-bond donors (Lipinski definition) is 4. The van der Waals surface area contributed by atoms with Crippen molar-refractivity contribution < 1.29 is 9.59 Å². The van der Waals surface area contributed by atoms with Gasteiger partial charge in [-0.3, -0.25) is 9.59 Å². The first-order valence-electron chi connectivity index (χ1n) is 8.43. The first-order chi connectivity index (χ1) is 11.9. The van der Waals surface area contributed by atoms with Crippen molar-refractivity contribution in [1.82, 2.24) is 0 Å². The monoisotopic (exact) mass is 336 g/mol. The summed E-state index contributed by atoms with van der Waals surface area (Å²) < 4.78 is 0. The highest BCUT2D eigenvalue weighted by molar-refractivity contribution is 6.34. The van der Waals surface area contributed by atoms with E-state index >= 15 is 0 Å². The van der Waals surface area contributed by atoms with Gasteiger partial charge in [-0.1, -0.05) is 13.8 Å². The second-order valence-corrected chi connectivity index (χ2v) is 6.60. The number of rotatable bonds is 2. The summed E-state index contributed by atoms with van der Waals surface area (Å²) in [7, 11) is 0. The molecule has 1 aliphatic heterocycles. The van der Waals surface area contributed by atoms with E-state index in [2.05, 4.69) is 24.5 Å². The first-order valence-corrected chi connectivity index (χ1v) is 8.43. The van der Waals surface area contributed by atoms with Crippen molar-refractivity contribution in [2.45, 2.75) is 32.4 Å². The molecule has 0 bridgehead atoms. The van der Waals surface area contributed by atoms with Gasteiger partial charge in [0.1, 0.15) is 5.66 Å². The summed E-state index contributed by atoms with van der Waals surface area (Å²) in [6.07, 6.45) is 1.67. The zero-order valence-corrected chi connectivity index (χ0v) is 14.2. The van der Waals surface area contributed by atoms with Gasteiger partial charge in [-0.2, -0.15) is 0 Å². The summed E-state index contributed by atoms with van der Waals surface area (Å²) in [5, 5.41) is 6.89. The predicted molar refractivity (Wildman–Crippen MR) is 99.1 cm³/mol. The Bertz CT molecular complexity index is 945. The normalized spacial score (nSPS) is 16.6. The number of carbonyl (C=O) groups is 2. The molecule has 25 heavy (non-hydrogen) atoms. The van der Waals surface area contributed by atoms with Gasteiger partial charge >= 0.3 is 0 Å². The lowest BCUT2D eigenvalue weighted by Gasteiger charge is -2.28. The van der Waals surface area contributed by atoms with Crippen LogP contribution in [0.5, 0.6) is 0 Å². The molecule has 2 aliphatic rings. The molecule has 2 aromatic carbocycles. The molecular weight excluding hydrogens is 316 g/mol. The average molecular weight is 336 g/mol. The fraction of sp³-hybridized carbons (Fsp3) is 0.263. The number of hydrogen-bond acceptors (Lipinski definition) is 6. The maximum Gasteiger partial charge on any atom is 0.198 e. The van der Waals surface area contributed by atoms with Crippen molar-refractivity contribution >= 4 is 34.3 Å². The number of fused-ring (bicyclic) bond motifs is 4. The van der Waals surface area contributed by atoms with Gasteiger partial charge in [-0.25, -0.2) is 0 Å². The molecule has 0 spiro atoms. The number of carbonyl (C=O) groups excluding carboxylic acids is 2. The molecule has 0 radical (unpaired) electrons. The van der Waals surface area contributed by atoms with E-state index in [-0.39, 0.29) is 39.7 Å². The molecule has 0 saturated carbocycles. The van der Waals surface area contributed by atoms with Crippen molar-refractivity contribution in [2.75, 3.05) is 22.1 Å². The zero-order valence-electron chi connectivity index (χ0n) is 14.2. The number of benzene rings is 2. The lowest BCUT2D eigenvalue weighted by Crippen LogP contribution is -2.40. The van der Waals surface area contributed by atoms with E-state index in [1.165, 1.54) is 0 Å². The van der Waals surface area contributed by atoms with Crippen LogP contribution in [0.25, 0.3) is 0 Å². The van der Waals surface area contributed by atoms with E-state index in [9.17, 15) is 9.59 Å². The molecule has 0 saturated heterocycles. The van der Waals surface area contributed by atoms with Crippen molar-refractivity contribution in [3.8, 4) is 0 Å². The molecule has 2 aromatic rings. The van der Waals surface area contributed by atoms with Crippen molar-refractivity contribution in [3.05, 3.63) is 46.5 Å². The van der Waals surface area contributed by atoms with Crippen LogP contribution in [0, 0.1) is 0 Å². The smallest absolute Gasteiger partial charge is 0.198 e. The van der Waals surface area contributed by atoms with Crippen molar-refractivity contribution in [3.63, 3.8) is 0 Å². The van der Waals surface area contributed by atoms with Crippen LogP contribution < -0.4 is 22.1 Å². The Morgan fingerprint density at radius 2 is 1.44 bits per heavy atom. The van der Waals surface area contributed by atoms with E-state index in [0.29, 0.717) is 16.8 Å². The van der Waals surface area contributed by atoms with Crippen molar-refractivity contribution in [2.24, 2.45) is 0 Å². The Balaban J connectivity index is 1.97. The van der Waals surface area contributed by atoms with Crippen LogP contribution in [0.3, 0.4) is 0 Å². The van der Waals surface area contributed by atoms with Gasteiger partial charge in [0.25, 0.3) is 0 Å². The van der Waals surface area contributed by atoms with Crippen LogP contribution in [-0.4, -0.2) is 17.2 Å². The highest BCUT2D eigenvalue weighted by Crippen LogP contribution is 2.45. The van der Waals surface area contributed by atoms with E-state index in [1.54, 1.807) is 18.2 Å². The number of anilines is 4. The molecular formula is C19H20N4O2. The standard InChI is InChI=1S/C19H20N4O2/c1-3-19(4-2)22-12-8-5-9-13(16(12)23-19)18(25)15-11(21)7-6-10(20)14(15)17(9)24/h5-8,22-23H,3-4,20-21H2,1-2H3. The molecule has 1 aliphatic carbocycles. The first kappa shape index (κ1) is 15.5. The molecule has 6 heteroatoms. The van der Waals surface area contributed by atoms with Crippen LogP contribution in [-0.2, 0) is 0 Å². The third-order valence-corrected chi connectivity index (χ3v) is 5.35. The minimum absolute atomic E-state index is 0.207. The molecule has 0 unspecified atom stereocenters.